The fourth-order valence-electron chi connectivity index (χ4n) is 1.54. The highest BCUT2D eigenvalue weighted by Crippen LogP contribution is 2.19. The first-order valence-corrected chi connectivity index (χ1v) is 6.09. The molecule has 2 rings (SSSR count). The minimum atomic E-state index is 0.810. The molecule has 0 aliphatic heterocycles. The second kappa shape index (κ2) is 4.74. The van der Waals surface area contributed by atoms with Gasteiger partial charge in [0, 0.05) is 21.4 Å². The molecule has 16 heavy (non-hydrogen) atoms. The third kappa shape index (κ3) is 2.47. The summed E-state index contributed by atoms with van der Waals surface area (Å²) in [4.78, 5) is 8.98. The molecule has 0 N–H and O–H groups in total. The van der Waals surface area contributed by atoms with E-state index in [4.69, 9.17) is 0 Å². The maximum atomic E-state index is 4.53. The Hall–Kier alpha value is -1.22. The topological polar surface area (TPSA) is 25.8 Å². The van der Waals surface area contributed by atoms with Gasteiger partial charge in [-0.15, -0.1) is 0 Å². The molecule has 0 aliphatic carbocycles. The molecule has 2 aromatic rings. The zero-order valence-electron chi connectivity index (χ0n) is 9.37. The van der Waals surface area contributed by atoms with Gasteiger partial charge in [-0.05, 0) is 31.5 Å². The Balaban J connectivity index is 2.47. The highest BCUT2D eigenvalue weighted by atomic mass is 79.9. The lowest BCUT2D eigenvalue weighted by Crippen LogP contribution is -1.96. The lowest BCUT2D eigenvalue weighted by Gasteiger charge is -2.04. The van der Waals surface area contributed by atoms with Crippen LogP contribution in [-0.2, 0) is 6.42 Å². The standard InChI is InChI=1S/C13H13BrN2/c1-3-12-8-9(2)15-13(16-12)10-4-6-11(14)7-5-10/h4-8H,3H2,1-2H3. The van der Waals surface area contributed by atoms with E-state index in [0.29, 0.717) is 0 Å². The molecule has 0 unspecified atom stereocenters. The van der Waals surface area contributed by atoms with E-state index in [-0.39, 0.29) is 0 Å². The minimum absolute atomic E-state index is 0.810. The molecule has 2 nitrogen and oxygen atoms in total. The van der Waals surface area contributed by atoms with Crippen molar-refractivity contribution in [3.63, 3.8) is 0 Å². The molecule has 0 fully saturated rings. The number of rotatable bonds is 2. The van der Waals surface area contributed by atoms with Crippen molar-refractivity contribution < 1.29 is 0 Å². The summed E-state index contributed by atoms with van der Waals surface area (Å²) in [6, 6.07) is 10.1. The van der Waals surface area contributed by atoms with Gasteiger partial charge in [-0.3, -0.25) is 0 Å². The molecular weight excluding hydrogens is 264 g/mol. The van der Waals surface area contributed by atoms with Crippen molar-refractivity contribution in [3.8, 4) is 11.4 Å². The zero-order valence-corrected chi connectivity index (χ0v) is 11.0. The molecule has 3 heteroatoms. The Morgan fingerprint density at radius 2 is 1.81 bits per heavy atom. The molecule has 1 aromatic heterocycles. The van der Waals surface area contributed by atoms with Gasteiger partial charge < -0.3 is 0 Å². The summed E-state index contributed by atoms with van der Waals surface area (Å²) >= 11 is 3.42. The maximum absolute atomic E-state index is 4.53. The summed E-state index contributed by atoms with van der Waals surface area (Å²) in [5, 5.41) is 0. The number of aryl methyl sites for hydroxylation is 2. The SMILES string of the molecule is CCc1cc(C)nc(-c2ccc(Br)cc2)n1. The van der Waals surface area contributed by atoms with Gasteiger partial charge in [0.15, 0.2) is 5.82 Å². The molecule has 0 radical (unpaired) electrons. The predicted molar refractivity (Wildman–Crippen MR) is 69.3 cm³/mol. The summed E-state index contributed by atoms with van der Waals surface area (Å²) in [6.45, 7) is 4.11. The van der Waals surface area contributed by atoms with Crippen LogP contribution in [0.3, 0.4) is 0 Å². The van der Waals surface area contributed by atoms with Crippen LogP contribution in [0.2, 0.25) is 0 Å². The van der Waals surface area contributed by atoms with Gasteiger partial charge in [0.1, 0.15) is 0 Å². The van der Waals surface area contributed by atoms with Crippen LogP contribution in [-0.4, -0.2) is 9.97 Å². The Labute approximate surface area is 104 Å². The number of nitrogens with zero attached hydrogens (tertiary/aromatic N) is 2. The summed E-state index contributed by atoms with van der Waals surface area (Å²) in [7, 11) is 0. The number of halogens is 1. The molecule has 0 saturated carbocycles. The van der Waals surface area contributed by atoms with Crippen LogP contribution in [0, 0.1) is 6.92 Å². The summed E-state index contributed by atoms with van der Waals surface area (Å²) in [6.07, 6.45) is 0.937. The Kier molecular flexibility index (Phi) is 3.34. The van der Waals surface area contributed by atoms with E-state index < -0.39 is 0 Å². The van der Waals surface area contributed by atoms with Crippen molar-refractivity contribution in [1.82, 2.24) is 9.97 Å². The number of hydrogen-bond donors (Lipinski definition) is 0. The van der Waals surface area contributed by atoms with Crippen molar-refractivity contribution in [1.29, 1.82) is 0 Å². The van der Waals surface area contributed by atoms with Crippen molar-refractivity contribution in [2.24, 2.45) is 0 Å². The Morgan fingerprint density at radius 1 is 1.12 bits per heavy atom. The number of hydrogen-bond acceptors (Lipinski definition) is 2. The summed E-state index contributed by atoms with van der Waals surface area (Å²) in [5.74, 6) is 0.810. The fraction of sp³-hybridized carbons (Fsp3) is 0.231. The fourth-order valence-corrected chi connectivity index (χ4v) is 1.81. The van der Waals surface area contributed by atoms with Crippen LogP contribution in [0.5, 0.6) is 0 Å². The van der Waals surface area contributed by atoms with Crippen LogP contribution in [0.15, 0.2) is 34.8 Å². The normalized spacial score (nSPS) is 10.4. The Morgan fingerprint density at radius 3 is 2.44 bits per heavy atom. The molecule has 0 saturated heterocycles. The molecular formula is C13H13BrN2. The average Bonchev–Trinajstić information content (AvgIpc) is 2.29. The van der Waals surface area contributed by atoms with Gasteiger partial charge >= 0.3 is 0 Å². The first kappa shape index (κ1) is 11.3. The monoisotopic (exact) mass is 276 g/mol. The van der Waals surface area contributed by atoms with Crippen molar-refractivity contribution >= 4 is 15.9 Å². The summed E-state index contributed by atoms with van der Waals surface area (Å²) in [5.41, 5.74) is 3.16. The van der Waals surface area contributed by atoms with Crippen molar-refractivity contribution in [2.45, 2.75) is 20.3 Å². The highest BCUT2D eigenvalue weighted by Gasteiger charge is 2.03. The van der Waals surface area contributed by atoms with Gasteiger partial charge in [0.2, 0.25) is 0 Å². The molecule has 1 heterocycles. The zero-order chi connectivity index (χ0) is 11.5. The highest BCUT2D eigenvalue weighted by molar-refractivity contribution is 9.10. The third-order valence-electron chi connectivity index (χ3n) is 2.37. The number of aromatic nitrogens is 2. The molecule has 1 aromatic carbocycles. The smallest absolute Gasteiger partial charge is 0.159 e. The molecule has 0 atom stereocenters. The van der Waals surface area contributed by atoms with Crippen molar-refractivity contribution in [2.75, 3.05) is 0 Å². The van der Waals surface area contributed by atoms with E-state index in [9.17, 15) is 0 Å². The van der Waals surface area contributed by atoms with E-state index in [1.165, 1.54) is 0 Å². The van der Waals surface area contributed by atoms with Gasteiger partial charge in [0.05, 0.1) is 0 Å². The molecule has 82 valence electrons. The first-order valence-electron chi connectivity index (χ1n) is 5.29. The van der Waals surface area contributed by atoms with Crippen LogP contribution < -0.4 is 0 Å². The number of benzene rings is 1. The largest absolute Gasteiger partial charge is 0.233 e. The lowest BCUT2D eigenvalue weighted by molar-refractivity contribution is 0.983. The quantitative estimate of drug-likeness (QED) is 0.834. The van der Waals surface area contributed by atoms with Gasteiger partial charge in [-0.2, -0.15) is 0 Å². The minimum Gasteiger partial charge on any atom is -0.233 e. The van der Waals surface area contributed by atoms with E-state index in [0.717, 1.165) is 33.7 Å². The van der Waals surface area contributed by atoms with Crippen LogP contribution >= 0.6 is 15.9 Å². The molecule has 0 bridgehead atoms. The Bertz CT molecular complexity index is 492. The van der Waals surface area contributed by atoms with E-state index in [1.54, 1.807) is 0 Å². The van der Waals surface area contributed by atoms with Gasteiger partial charge in [-0.1, -0.05) is 35.0 Å². The van der Waals surface area contributed by atoms with E-state index >= 15 is 0 Å². The third-order valence-corrected chi connectivity index (χ3v) is 2.90. The summed E-state index contributed by atoms with van der Waals surface area (Å²) < 4.78 is 1.07. The predicted octanol–water partition coefficient (Wildman–Crippen LogP) is 3.78. The van der Waals surface area contributed by atoms with E-state index in [2.05, 4.69) is 32.8 Å². The molecule has 0 aliphatic rings. The first-order chi connectivity index (χ1) is 7.69. The van der Waals surface area contributed by atoms with Crippen molar-refractivity contribution in [3.05, 3.63) is 46.2 Å². The second-order valence-corrected chi connectivity index (χ2v) is 4.60. The van der Waals surface area contributed by atoms with E-state index in [1.807, 2.05) is 37.3 Å². The van der Waals surface area contributed by atoms with Gasteiger partial charge in [-0.25, -0.2) is 9.97 Å². The average molecular weight is 277 g/mol. The lowest BCUT2D eigenvalue weighted by atomic mass is 10.2. The second-order valence-electron chi connectivity index (χ2n) is 3.68. The molecule has 0 spiro atoms. The van der Waals surface area contributed by atoms with Crippen LogP contribution in [0.4, 0.5) is 0 Å². The van der Waals surface area contributed by atoms with Crippen LogP contribution in [0.25, 0.3) is 11.4 Å². The van der Waals surface area contributed by atoms with Gasteiger partial charge in [0.25, 0.3) is 0 Å². The molecule has 0 amide bonds. The van der Waals surface area contributed by atoms with Crippen LogP contribution in [0.1, 0.15) is 18.3 Å². The maximum Gasteiger partial charge on any atom is 0.159 e.